The molecule has 0 aliphatic heterocycles. The average Bonchev–Trinajstić information content (AvgIpc) is 2.76. The van der Waals surface area contributed by atoms with Crippen molar-refractivity contribution in [2.24, 2.45) is 0 Å². The fourth-order valence-electron chi connectivity index (χ4n) is 1.92. The van der Waals surface area contributed by atoms with Crippen LogP contribution in [0.2, 0.25) is 5.02 Å². The molecule has 0 aliphatic rings. The molecule has 2 nitrogen and oxygen atoms in total. The topological polar surface area (TPSA) is 24.9 Å². The van der Waals surface area contributed by atoms with Gasteiger partial charge in [-0.1, -0.05) is 18.5 Å². The van der Waals surface area contributed by atoms with Gasteiger partial charge in [0.05, 0.1) is 8.81 Å². The summed E-state index contributed by atoms with van der Waals surface area (Å²) in [7, 11) is 0. The minimum absolute atomic E-state index is 0.266. The van der Waals surface area contributed by atoms with Crippen molar-refractivity contribution in [3.05, 3.63) is 48.2 Å². The third-order valence-corrected chi connectivity index (χ3v) is 6.64. The van der Waals surface area contributed by atoms with E-state index in [4.69, 9.17) is 11.6 Å². The summed E-state index contributed by atoms with van der Waals surface area (Å²) in [5, 5.41) is 4.32. The summed E-state index contributed by atoms with van der Waals surface area (Å²) in [4.78, 5) is 5.34. The molecule has 1 unspecified atom stereocenters. The summed E-state index contributed by atoms with van der Waals surface area (Å²) in [6.45, 7) is 3.16. The number of aromatic nitrogens is 1. The normalized spacial score (nSPS) is 12.6. The third kappa shape index (κ3) is 4.28. The van der Waals surface area contributed by atoms with Gasteiger partial charge in [0.25, 0.3) is 0 Å². The molecule has 2 heterocycles. The van der Waals surface area contributed by atoms with Crippen molar-refractivity contribution in [3.63, 3.8) is 0 Å². The fourth-order valence-corrected chi connectivity index (χ4v) is 4.28. The molecule has 6 heteroatoms. The van der Waals surface area contributed by atoms with E-state index >= 15 is 0 Å². The molecule has 0 radical (unpaired) electrons. The maximum atomic E-state index is 6.22. The molecular formula is C14H15Br2ClN2S. The van der Waals surface area contributed by atoms with Crippen molar-refractivity contribution in [3.8, 4) is 0 Å². The summed E-state index contributed by atoms with van der Waals surface area (Å²) in [6, 6.07) is 4.42. The van der Waals surface area contributed by atoms with Crippen molar-refractivity contribution in [1.82, 2.24) is 10.3 Å². The van der Waals surface area contributed by atoms with Gasteiger partial charge in [0.2, 0.25) is 0 Å². The van der Waals surface area contributed by atoms with Crippen LogP contribution in [0, 0.1) is 0 Å². The maximum absolute atomic E-state index is 6.22. The van der Waals surface area contributed by atoms with Gasteiger partial charge in [0.15, 0.2) is 0 Å². The summed E-state index contributed by atoms with van der Waals surface area (Å²) in [6.07, 6.45) is 5.46. The van der Waals surface area contributed by atoms with Crippen LogP contribution in [-0.2, 0) is 6.42 Å². The van der Waals surface area contributed by atoms with Crippen molar-refractivity contribution in [2.75, 3.05) is 6.54 Å². The molecule has 0 aliphatic carbocycles. The Bertz CT molecular complexity index is 555. The molecule has 108 valence electrons. The highest BCUT2D eigenvalue weighted by Gasteiger charge is 2.17. The van der Waals surface area contributed by atoms with Gasteiger partial charge in [-0.3, -0.25) is 4.98 Å². The molecule has 1 N–H and O–H groups in total. The van der Waals surface area contributed by atoms with Crippen LogP contribution in [0.4, 0.5) is 0 Å². The van der Waals surface area contributed by atoms with Crippen LogP contribution in [0.15, 0.2) is 32.8 Å². The lowest BCUT2D eigenvalue weighted by Crippen LogP contribution is -2.23. The number of nitrogens with one attached hydrogen (secondary N) is 1. The van der Waals surface area contributed by atoms with Crippen molar-refractivity contribution in [2.45, 2.75) is 25.8 Å². The van der Waals surface area contributed by atoms with Gasteiger partial charge in [0, 0.05) is 27.8 Å². The Morgan fingerprint density at radius 2 is 2.25 bits per heavy atom. The molecule has 0 spiro atoms. The Morgan fingerprint density at radius 1 is 1.45 bits per heavy atom. The molecule has 0 aromatic carbocycles. The lowest BCUT2D eigenvalue weighted by molar-refractivity contribution is 0.536. The zero-order valence-electron chi connectivity index (χ0n) is 11.0. The van der Waals surface area contributed by atoms with Crippen LogP contribution >= 0.6 is 54.8 Å². The fraction of sp³-hybridized carbons (Fsp3) is 0.357. The van der Waals surface area contributed by atoms with Crippen LogP contribution in [0.1, 0.15) is 29.8 Å². The highest BCUT2D eigenvalue weighted by Crippen LogP contribution is 2.37. The zero-order chi connectivity index (χ0) is 14.5. The number of pyridine rings is 1. The lowest BCUT2D eigenvalue weighted by Gasteiger charge is -2.17. The summed E-state index contributed by atoms with van der Waals surface area (Å²) in [5.74, 6) is 0. The second-order valence-corrected chi connectivity index (χ2v) is 8.11. The highest BCUT2D eigenvalue weighted by atomic mass is 79.9. The smallest absolute Gasteiger partial charge is 0.0843 e. The Morgan fingerprint density at radius 3 is 2.85 bits per heavy atom. The monoisotopic (exact) mass is 436 g/mol. The molecule has 2 aromatic rings. The van der Waals surface area contributed by atoms with E-state index in [2.05, 4.69) is 55.2 Å². The second kappa shape index (κ2) is 7.90. The zero-order valence-corrected chi connectivity index (χ0v) is 15.7. The maximum Gasteiger partial charge on any atom is 0.0843 e. The van der Waals surface area contributed by atoms with Gasteiger partial charge in [-0.2, -0.15) is 0 Å². The Hall–Kier alpha value is 0.0600. The molecule has 0 bridgehead atoms. The first-order chi connectivity index (χ1) is 9.61. The molecule has 2 rings (SSSR count). The van der Waals surface area contributed by atoms with E-state index in [0.29, 0.717) is 0 Å². The minimum Gasteiger partial charge on any atom is -0.309 e. The first-order valence-electron chi connectivity index (χ1n) is 6.38. The van der Waals surface area contributed by atoms with Crippen LogP contribution in [0.3, 0.4) is 0 Å². The van der Waals surface area contributed by atoms with Crippen LogP contribution in [-0.4, -0.2) is 11.5 Å². The van der Waals surface area contributed by atoms with Crippen LogP contribution in [0.5, 0.6) is 0 Å². The molecule has 0 fully saturated rings. The molecule has 0 saturated heterocycles. The molecule has 2 aromatic heterocycles. The van der Waals surface area contributed by atoms with E-state index in [1.807, 2.05) is 6.07 Å². The van der Waals surface area contributed by atoms with Gasteiger partial charge in [-0.05, 0) is 68.9 Å². The predicted octanol–water partition coefficient (Wildman–Crippen LogP) is 5.60. The van der Waals surface area contributed by atoms with Gasteiger partial charge in [-0.25, -0.2) is 0 Å². The van der Waals surface area contributed by atoms with Gasteiger partial charge >= 0.3 is 0 Å². The Balaban J connectivity index is 2.21. The standard InChI is InChI=1S/C14H15Br2ClN2S/c1-2-4-19-12(13-7-10(15)14(16)20-13)6-9-3-5-18-8-11(9)17/h3,5,7-8,12,19H,2,4,6H2,1H3. The molecule has 1 atom stereocenters. The van der Waals surface area contributed by atoms with Gasteiger partial charge in [0.1, 0.15) is 0 Å². The Kier molecular flexibility index (Phi) is 6.49. The number of hydrogen-bond donors (Lipinski definition) is 1. The summed E-state index contributed by atoms with van der Waals surface area (Å²) in [5.41, 5.74) is 1.12. The molecule has 0 saturated carbocycles. The third-order valence-electron chi connectivity index (χ3n) is 2.93. The van der Waals surface area contributed by atoms with Crippen molar-refractivity contribution >= 4 is 54.8 Å². The largest absolute Gasteiger partial charge is 0.309 e. The lowest BCUT2D eigenvalue weighted by atomic mass is 10.1. The first kappa shape index (κ1) is 16.4. The summed E-state index contributed by atoms with van der Waals surface area (Å²) >= 11 is 15.1. The molecule has 0 amide bonds. The van der Waals surface area contributed by atoms with E-state index in [0.717, 1.165) is 38.2 Å². The number of nitrogens with zero attached hydrogens (tertiary/aromatic N) is 1. The number of halogens is 3. The second-order valence-electron chi connectivity index (χ2n) is 4.45. The van der Waals surface area contributed by atoms with E-state index in [1.165, 1.54) is 4.88 Å². The first-order valence-corrected chi connectivity index (χ1v) is 9.16. The van der Waals surface area contributed by atoms with E-state index in [9.17, 15) is 0 Å². The van der Waals surface area contributed by atoms with Crippen molar-refractivity contribution in [1.29, 1.82) is 0 Å². The Labute approximate surface area is 145 Å². The van der Waals surface area contributed by atoms with E-state index in [-0.39, 0.29) is 6.04 Å². The number of rotatable bonds is 6. The number of hydrogen-bond acceptors (Lipinski definition) is 3. The SMILES string of the molecule is CCCNC(Cc1ccncc1Cl)c1cc(Br)c(Br)s1. The number of thiophene rings is 1. The van der Waals surface area contributed by atoms with Crippen LogP contribution in [0.25, 0.3) is 0 Å². The molecular weight excluding hydrogens is 423 g/mol. The minimum atomic E-state index is 0.266. The van der Waals surface area contributed by atoms with Gasteiger partial charge < -0.3 is 5.32 Å². The van der Waals surface area contributed by atoms with Gasteiger partial charge in [-0.15, -0.1) is 11.3 Å². The summed E-state index contributed by atoms with van der Waals surface area (Å²) < 4.78 is 2.22. The van der Waals surface area contributed by atoms with Crippen LogP contribution < -0.4 is 5.32 Å². The highest BCUT2D eigenvalue weighted by molar-refractivity contribution is 9.13. The van der Waals surface area contributed by atoms with Crippen molar-refractivity contribution < 1.29 is 0 Å². The predicted molar refractivity (Wildman–Crippen MR) is 93.7 cm³/mol. The van der Waals surface area contributed by atoms with E-state index in [1.54, 1.807) is 23.7 Å². The average molecular weight is 439 g/mol. The molecule has 20 heavy (non-hydrogen) atoms. The quantitative estimate of drug-likeness (QED) is 0.635. The van der Waals surface area contributed by atoms with E-state index < -0.39 is 0 Å².